The van der Waals surface area contributed by atoms with E-state index < -0.39 is 0 Å². The first-order valence-electron chi connectivity index (χ1n) is 7.70. The number of hydrogen-bond acceptors (Lipinski definition) is 3. The molecule has 0 unspecified atom stereocenters. The van der Waals surface area contributed by atoms with E-state index in [1.165, 1.54) is 5.56 Å². The molecule has 0 saturated heterocycles. The predicted molar refractivity (Wildman–Crippen MR) is 86.5 cm³/mol. The summed E-state index contributed by atoms with van der Waals surface area (Å²) in [4.78, 5) is 14.0. The Morgan fingerprint density at radius 3 is 2.78 bits per heavy atom. The number of fused-ring (bicyclic) bond motifs is 1. The molecule has 0 atom stereocenters. The Morgan fingerprint density at radius 1 is 1.17 bits per heavy atom. The molecular weight excluding hydrogens is 288 g/mol. The first-order valence-corrected chi connectivity index (χ1v) is 7.70. The third-order valence-electron chi connectivity index (χ3n) is 4.10. The average Bonchev–Trinajstić information content (AvgIpc) is 2.60. The summed E-state index contributed by atoms with van der Waals surface area (Å²) < 4.78 is 5.39. The van der Waals surface area contributed by atoms with Crippen molar-refractivity contribution in [3.8, 4) is 6.07 Å². The van der Waals surface area contributed by atoms with E-state index in [4.69, 9.17) is 10.00 Å². The van der Waals surface area contributed by atoms with Gasteiger partial charge in [0.1, 0.15) is 6.61 Å². The van der Waals surface area contributed by atoms with Crippen LogP contribution in [0.4, 0.5) is 4.79 Å². The van der Waals surface area contributed by atoms with Crippen LogP contribution in [0.5, 0.6) is 0 Å². The summed E-state index contributed by atoms with van der Waals surface area (Å²) in [6.45, 7) is 1.46. The molecule has 4 heteroatoms. The highest BCUT2D eigenvalue weighted by molar-refractivity contribution is 5.68. The van der Waals surface area contributed by atoms with Gasteiger partial charge in [-0.2, -0.15) is 5.26 Å². The van der Waals surface area contributed by atoms with Crippen LogP contribution in [0.15, 0.2) is 48.5 Å². The van der Waals surface area contributed by atoms with Crippen molar-refractivity contribution in [3.63, 3.8) is 0 Å². The first-order chi connectivity index (χ1) is 11.3. The van der Waals surface area contributed by atoms with Crippen molar-refractivity contribution in [3.05, 3.63) is 70.8 Å². The largest absolute Gasteiger partial charge is 0.445 e. The van der Waals surface area contributed by atoms with E-state index in [0.29, 0.717) is 19.5 Å². The van der Waals surface area contributed by atoms with Crippen LogP contribution in [0.3, 0.4) is 0 Å². The monoisotopic (exact) mass is 306 g/mol. The Morgan fingerprint density at radius 2 is 2.00 bits per heavy atom. The normalized spacial score (nSPS) is 13.1. The summed E-state index contributed by atoms with van der Waals surface area (Å²) in [5.74, 6) is 0. The maximum absolute atomic E-state index is 12.2. The van der Waals surface area contributed by atoms with Gasteiger partial charge in [0.15, 0.2) is 0 Å². The summed E-state index contributed by atoms with van der Waals surface area (Å²) in [5, 5.41) is 8.91. The smallest absolute Gasteiger partial charge is 0.410 e. The molecule has 23 heavy (non-hydrogen) atoms. The van der Waals surface area contributed by atoms with E-state index in [9.17, 15) is 4.79 Å². The van der Waals surface area contributed by atoms with Crippen LogP contribution in [0.25, 0.3) is 0 Å². The molecule has 2 aromatic carbocycles. The van der Waals surface area contributed by atoms with Gasteiger partial charge in [0.25, 0.3) is 0 Å². The molecule has 0 bridgehead atoms. The lowest BCUT2D eigenvalue weighted by Gasteiger charge is -2.29. The summed E-state index contributed by atoms with van der Waals surface area (Å²) in [6, 6.07) is 17.8. The Bertz CT molecular complexity index is 735. The van der Waals surface area contributed by atoms with Crippen molar-refractivity contribution in [2.45, 2.75) is 26.0 Å². The van der Waals surface area contributed by atoms with Gasteiger partial charge in [0.05, 0.1) is 12.5 Å². The van der Waals surface area contributed by atoms with Gasteiger partial charge in [-0.15, -0.1) is 0 Å². The Hall–Kier alpha value is -2.80. The van der Waals surface area contributed by atoms with Crippen molar-refractivity contribution >= 4 is 6.09 Å². The molecule has 0 aliphatic carbocycles. The van der Waals surface area contributed by atoms with Crippen LogP contribution in [0.1, 0.15) is 22.3 Å². The maximum Gasteiger partial charge on any atom is 0.410 e. The lowest BCUT2D eigenvalue weighted by atomic mass is 9.93. The van der Waals surface area contributed by atoms with Gasteiger partial charge in [-0.25, -0.2) is 4.79 Å². The highest BCUT2D eigenvalue weighted by Crippen LogP contribution is 2.23. The second-order valence-electron chi connectivity index (χ2n) is 5.60. The number of hydrogen-bond donors (Lipinski definition) is 0. The molecule has 0 spiro atoms. The van der Waals surface area contributed by atoms with Gasteiger partial charge in [0, 0.05) is 13.1 Å². The zero-order valence-corrected chi connectivity index (χ0v) is 12.9. The van der Waals surface area contributed by atoms with E-state index in [1.807, 2.05) is 48.5 Å². The minimum absolute atomic E-state index is 0.287. The molecule has 2 aromatic rings. The number of carbonyl (C=O) groups is 1. The standard InChI is InChI=1S/C19H18N2O2/c20-11-9-16-7-4-8-17-13-21(12-10-18(16)17)19(22)23-14-15-5-2-1-3-6-15/h1-8H,9-10,12-14H2. The third kappa shape index (κ3) is 3.51. The van der Waals surface area contributed by atoms with Gasteiger partial charge in [-0.1, -0.05) is 48.5 Å². The zero-order valence-electron chi connectivity index (χ0n) is 12.9. The topological polar surface area (TPSA) is 53.3 Å². The highest BCUT2D eigenvalue weighted by atomic mass is 16.6. The molecule has 0 aromatic heterocycles. The number of carbonyl (C=O) groups excluding carboxylic acids is 1. The van der Waals surface area contributed by atoms with Crippen molar-refractivity contribution in [1.82, 2.24) is 4.90 Å². The van der Waals surface area contributed by atoms with Crippen molar-refractivity contribution in [2.24, 2.45) is 0 Å². The summed E-state index contributed by atoms with van der Waals surface area (Å²) >= 11 is 0. The van der Waals surface area contributed by atoms with Gasteiger partial charge in [-0.3, -0.25) is 0 Å². The van der Waals surface area contributed by atoms with Crippen LogP contribution in [0.2, 0.25) is 0 Å². The summed E-state index contributed by atoms with van der Waals surface area (Å²) in [5.41, 5.74) is 4.37. The van der Waals surface area contributed by atoms with Crippen molar-refractivity contribution in [2.75, 3.05) is 6.54 Å². The molecular formula is C19H18N2O2. The lowest BCUT2D eigenvalue weighted by Crippen LogP contribution is -2.36. The molecule has 1 amide bonds. The molecule has 4 nitrogen and oxygen atoms in total. The molecule has 1 aliphatic rings. The number of amides is 1. The Kier molecular flexibility index (Phi) is 4.58. The summed E-state index contributed by atoms with van der Waals surface area (Å²) in [7, 11) is 0. The molecule has 3 rings (SSSR count). The van der Waals surface area contributed by atoms with Crippen LogP contribution < -0.4 is 0 Å². The quantitative estimate of drug-likeness (QED) is 0.872. The Balaban J connectivity index is 1.64. The highest BCUT2D eigenvalue weighted by Gasteiger charge is 2.23. The van der Waals surface area contributed by atoms with E-state index in [2.05, 4.69) is 6.07 Å². The Labute approximate surface area is 135 Å². The number of nitrogens with zero attached hydrogens (tertiary/aromatic N) is 2. The van der Waals surface area contributed by atoms with E-state index >= 15 is 0 Å². The van der Waals surface area contributed by atoms with E-state index in [1.54, 1.807) is 4.90 Å². The fourth-order valence-electron chi connectivity index (χ4n) is 2.91. The minimum atomic E-state index is -0.287. The lowest BCUT2D eigenvalue weighted by molar-refractivity contribution is 0.0918. The molecule has 1 heterocycles. The van der Waals surface area contributed by atoms with Crippen LogP contribution in [-0.4, -0.2) is 17.5 Å². The molecule has 0 radical (unpaired) electrons. The van der Waals surface area contributed by atoms with Gasteiger partial charge >= 0.3 is 6.09 Å². The maximum atomic E-state index is 12.2. The predicted octanol–water partition coefficient (Wildman–Crippen LogP) is 3.45. The molecule has 0 N–H and O–H groups in total. The van der Waals surface area contributed by atoms with Crippen molar-refractivity contribution in [1.29, 1.82) is 5.26 Å². The number of benzene rings is 2. The zero-order chi connectivity index (χ0) is 16.1. The summed E-state index contributed by atoms with van der Waals surface area (Å²) in [6.07, 6.45) is 0.903. The minimum Gasteiger partial charge on any atom is -0.445 e. The number of nitriles is 1. The molecule has 1 aliphatic heterocycles. The van der Waals surface area contributed by atoms with E-state index in [-0.39, 0.29) is 12.7 Å². The third-order valence-corrected chi connectivity index (χ3v) is 4.10. The van der Waals surface area contributed by atoms with Gasteiger partial charge < -0.3 is 9.64 Å². The van der Waals surface area contributed by atoms with Crippen LogP contribution in [-0.2, 0) is 30.7 Å². The fourth-order valence-corrected chi connectivity index (χ4v) is 2.91. The van der Waals surface area contributed by atoms with Gasteiger partial charge in [0.2, 0.25) is 0 Å². The van der Waals surface area contributed by atoms with E-state index in [0.717, 1.165) is 23.1 Å². The number of ether oxygens (including phenoxy) is 1. The second kappa shape index (κ2) is 6.97. The molecule has 0 fully saturated rings. The van der Waals surface area contributed by atoms with Crippen LogP contribution in [0, 0.1) is 11.3 Å². The number of rotatable bonds is 3. The fraction of sp³-hybridized carbons (Fsp3) is 0.263. The average molecular weight is 306 g/mol. The van der Waals surface area contributed by atoms with Crippen molar-refractivity contribution < 1.29 is 9.53 Å². The SMILES string of the molecule is N#CCc1cccc2c1CCN(C(=O)OCc1ccccc1)C2. The molecule has 116 valence electrons. The second-order valence-corrected chi connectivity index (χ2v) is 5.60. The van der Waals surface area contributed by atoms with Crippen LogP contribution >= 0.6 is 0 Å². The van der Waals surface area contributed by atoms with Gasteiger partial charge in [-0.05, 0) is 28.7 Å². The first kappa shape index (κ1) is 15.1. The molecule has 0 saturated carbocycles.